The fourth-order valence-corrected chi connectivity index (χ4v) is 2.87. The molecule has 0 saturated heterocycles. The van der Waals surface area contributed by atoms with Crippen LogP contribution in [-0.2, 0) is 6.54 Å². The van der Waals surface area contributed by atoms with Gasteiger partial charge in [-0.05, 0) is 40.2 Å². The maximum atomic E-state index is 12.1. The van der Waals surface area contributed by atoms with Crippen molar-refractivity contribution in [2.75, 3.05) is 14.2 Å². The van der Waals surface area contributed by atoms with Crippen molar-refractivity contribution in [2.45, 2.75) is 6.54 Å². The average molecular weight is 364 g/mol. The highest BCUT2D eigenvalue weighted by molar-refractivity contribution is 9.10. The van der Waals surface area contributed by atoms with E-state index in [0.717, 1.165) is 15.6 Å². The van der Waals surface area contributed by atoms with E-state index in [1.165, 1.54) is 0 Å². The molecule has 0 fully saturated rings. The number of rotatable bonds is 4. The number of hydrogen-bond donors (Lipinski definition) is 0. The Balaban J connectivity index is 2.12. The Bertz CT molecular complexity index is 881. The molecule has 0 spiro atoms. The van der Waals surface area contributed by atoms with E-state index in [-0.39, 0.29) is 0 Å². The Hall–Kier alpha value is -2.21. The van der Waals surface area contributed by atoms with Crippen molar-refractivity contribution in [3.8, 4) is 11.5 Å². The van der Waals surface area contributed by atoms with E-state index in [1.807, 2.05) is 30.3 Å². The van der Waals surface area contributed by atoms with Crippen LogP contribution in [0.4, 0.5) is 0 Å². The molecule has 0 radical (unpaired) electrons. The molecule has 5 nitrogen and oxygen atoms in total. The van der Waals surface area contributed by atoms with Crippen LogP contribution in [-0.4, -0.2) is 18.8 Å². The zero-order valence-corrected chi connectivity index (χ0v) is 13.7. The van der Waals surface area contributed by atoms with Gasteiger partial charge in [0.1, 0.15) is 11.5 Å². The number of aromatic nitrogens is 1. The molecule has 6 heteroatoms. The van der Waals surface area contributed by atoms with Gasteiger partial charge >= 0.3 is 5.76 Å². The summed E-state index contributed by atoms with van der Waals surface area (Å²) in [4.78, 5) is 12.1. The van der Waals surface area contributed by atoms with Crippen LogP contribution >= 0.6 is 15.9 Å². The second kappa shape index (κ2) is 5.88. The van der Waals surface area contributed by atoms with Crippen molar-refractivity contribution in [3.05, 3.63) is 57.0 Å². The van der Waals surface area contributed by atoms with Gasteiger partial charge in [0, 0.05) is 5.56 Å². The van der Waals surface area contributed by atoms with Gasteiger partial charge in [-0.3, -0.25) is 4.57 Å². The molecule has 0 aliphatic heterocycles. The van der Waals surface area contributed by atoms with Crippen LogP contribution in [0.2, 0.25) is 0 Å². The van der Waals surface area contributed by atoms with E-state index in [4.69, 9.17) is 13.9 Å². The highest BCUT2D eigenvalue weighted by Crippen LogP contribution is 2.33. The Kier molecular flexibility index (Phi) is 3.94. The van der Waals surface area contributed by atoms with Crippen LogP contribution < -0.4 is 15.2 Å². The molecule has 3 rings (SSSR count). The molecule has 0 unspecified atom stereocenters. The molecule has 0 atom stereocenters. The van der Waals surface area contributed by atoms with Crippen LogP contribution in [0.1, 0.15) is 5.56 Å². The number of nitrogens with zero attached hydrogens (tertiary/aromatic N) is 1. The number of halogens is 1. The number of methoxy groups -OCH3 is 2. The van der Waals surface area contributed by atoms with Crippen molar-refractivity contribution in [3.63, 3.8) is 0 Å². The second-order valence-corrected chi connectivity index (χ2v) is 5.57. The standard InChI is InChI=1S/C16H14BrNO4/c1-20-14-8-11(17)15(21-2)7-10(14)9-18-12-5-3-4-6-13(12)22-16(18)19/h3-8H,9H2,1-2H3. The summed E-state index contributed by atoms with van der Waals surface area (Å²) in [7, 11) is 3.18. The van der Waals surface area contributed by atoms with Crippen molar-refractivity contribution in [1.29, 1.82) is 0 Å². The lowest BCUT2D eigenvalue weighted by atomic mass is 10.2. The SMILES string of the molecule is COc1cc(Cn2c(=O)oc3ccccc32)c(OC)cc1Br. The first-order valence-corrected chi connectivity index (χ1v) is 7.42. The number of hydrogen-bond acceptors (Lipinski definition) is 4. The van der Waals surface area contributed by atoms with Gasteiger partial charge in [0.25, 0.3) is 0 Å². The lowest BCUT2D eigenvalue weighted by Crippen LogP contribution is -2.15. The Labute approximate surface area is 135 Å². The smallest absolute Gasteiger partial charge is 0.420 e. The van der Waals surface area contributed by atoms with E-state index in [1.54, 1.807) is 24.9 Å². The predicted molar refractivity (Wildman–Crippen MR) is 86.8 cm³/mol. The van der Waals surface area contributed by atoms with Crippen LogP contribution in [0.25, 0.3) is 11.1 Å². The number of oxazole rings is 1. The largest absolute Gasteiger partial charge is 0.496 e. The Morgan fingerprint density at radius 2 is 1.86 bits per heavy atom. The van der Waals surface area contributed by atoms with E-state index >= 15 is 0 Å². The summed E-state index contributed by atoms with van der Waals surface area (Å²) in [5.74, 6) is 0.951. The molecule has 3 aromatic rings. The van der Waals surface area contributed by atoms with Crippen LogP contribution in [0.5, 0.6) is 11.5 Å². The number of ether oxygens (including phenoxy) is 2. The summed E-state index contributed by atoms with van der Waals surface area (Å²) in [6.07, 6.45) is 0. The van der Waals surface area contributed by atoms with E-state index in [9.17, 15) is 4.79 Å². The van der Waals surface area contributed by atoms with Gasteiger partial charge in [0.2, 0.25) is 0 Å². The molecule has 0 aliphatic rings. The third-order valence-corrected chi connectivity index (χ3v) is 4.08. The third-order valence-electron chi connectivity index (χ3n) is 3.46. The predicted octanol–water partition coefficient (Wildman–Crippen LogP) is 3.42. The molecule has 1 heterocycles. The highest BCUT2D eigenvalue weighted by atomic mass is 79.9. The molecule has 114 valence electrons. The Morgan fingerprint density at radius 3 is 2.59 bits per heavy atom. The molecule has 0 saturated carbocycles. The molecule has 2 aromatic carbocycles. The first-order valence-electron chi connectivity index (χ1n) is 6.63. The normalized spacial score (nSPS) is 10.9. The van der Waals surface area contributed by atoms with E-state index < -0.39 is 5.76 Å². The van der Waals surface area contributed by atoms with Gasteiger partial charge < -0.3 is 13.9 Å². The average Bonchev–Trinajstić information content (AvgIpc) is 2.84. The molecule has 0 amide bonds. The monoisotopic (exact) mass is 363 g/mol. The first-order chi connectivity index (χ1) is 10.6. The molecular weight excluding hydrogens is 350 g/mol. The summed E-state index contributed by atoms with van der Waals surface area (Å²) in [6, 6.07) is 11.0. The molecule has 0 bridgehead atoms. The van der Waals surface area contributed by atoms with Crippen LogP contribution in [0, 0.1) is 0 Å². The number of para-hydroxylation sites is 2. The van der Waals surface area contributed by atoms with Crippen molar-refractivity contribution in [2.24, 2.45) is 0 Å². The number of fused-ring (bicyclic) bond motifs is 1. The van der Waals surface area contributed by atoms with E-state index in [2.05, 4.69) is 15.9 Å². The van der Waals surface area contributed by atoms with Crippen LogP contribution in [0.15, 0.2) is 50.1 Å². The van der Waals surface area contributed by atoms with E-state index in [0.29, 0.717) is 23.6 Å². The fourth-order valence-electron chi connectivity index (χ4n) is 2.38. The summed E-state index contributed by atoms with van der Waals surface area (Å²) in [5, 5.41) is 0. The summed E-state index contributed by atoms with van der Waals surface area (Å²) in [5.41, 5.74) is 2.14. The number of benzene rings is 2. The van der Waals surface area contributed by atoms with Gasteiger partial charge in [-0.25, -0.2) is 4.79 Å². The van der Waals surface area contributed by atoms with Crippen molar-refractivity contribution < 1.29 is 13.9 Å². The third kappa shape index (κ3) is 2.50. The highest BCUT2D eigenvalue weighted by Gasteiger charge is 2.14. The lowest BCUT2D eigenvalue weighted by Gasteiger charge is -2.12. The van der Waals surface area contributed by atoms with Gasteiger partial charge in [0.05, 0.1) is 30.8 Å². The first kappa shape index (κ1) is 14.7. The van der Waals surface area contributed by atoms with Gasteiger partial charge in [-0.2, -0.15) is 0 Å². The zero-order valence-electron chi connectivity index (χ0n) is 12.1. The lowest BCUT2D eigenvalue weighted by molar-refractivity contribution is 0.395. The minimum absolute atomic E-state index is 0.336. The molecule has 1 aromatic heterocycles. The summed E-state index contributed by atoms with van der Waals surface area (Å²) >= 11 is 3.42. The Morgan fingerprint density at radius 1 is 1.14 bits per heavy atom. The zero-order chi connectivity index (χ0) is 15.7. The molecular formula is C16H14BrNO4. The second-order valence-electron chi connectivity index (χ2n) is 4.72. The maximum Gasteiger partial charge on any atom is 0.420 e. The fraction of sp³-hybridized carbons (Fsp3) is 0.188. The van der Waals surface area contributed by atoms with Gasteiger partial charge in [-0.15, -0.1) is 0 Å². The molecule has 0 N–H and O–H groups in total. The topological polar surface area (TPSA) is 53.6 Å². The summed E-state index contributed by atoms with van der Waals surface area (Å²) in [6.45, 7) is 0.336. The molecule has 22 heavy (non-hydrogen) atoms. The van der Waals surface area contributed by atoms with Crippen molar-refractivity contribution >= 4 is 27.0 Å². The van der Waals surface area contributed by atoms with Crippen LogP contribution in [0.3, 0.4) is 0 Å². The van der Waals surface area contributed by atoms with Gasteiger partial charge in [0.15, 0.2) is 5.58 Å². The minimum atomic E-state index is -0.398. The van der Waals surface area contributed by atoms with Crippen molar-refractivity contribution in [1.82, 2.24) is 4.57 Å². The summed E-state index contributed by atoms with van der Waals surface area (Å²) < 4.78 is 18.3. The minimum Gasteiger partial charge on any atom is -0.496 e. The maximum absolute atomic E-state index is 12.1. The molecule has 0 aliphatic carbocycles. The van der Waals surface area contributed by atoms with Gasteiger partial charge in [-0.1, -0.05) is 12.1 Å². The quantitative estimate of drug-likeness (QED) is 0.712.